The van der Waals surface area contributed by atoms with E-state index in [4.69, 9.17) is 14.2 Å². The van der Waals surface area contributed by atoms with E-state index in [-0.39, 0.29) is 25.2 Å². The Morgan fingerprint density at radius 3 is 1.00 bits per heavy atom. The van der Waals surface area contributed by atoms with E-state index in [0.717, 1.165) is 128 Å². The number of hydrogen-bond acceptors (Lipinski definition) is 5. The summed E-state index contributed by atoms with van der Waals surface area (Å²) in [6.07, 6.45) is 87.6. The molecule has 0 rings (SSSR count). The van der Waals surface area contributed by atoms with Gasteiger partial charge in [0.2, 0.25) is 0 Å². The molecule has 5 nitrogen and oxygen atoms in total. The molecule has 0 amide bonds. The van der Waals surface area contributed by atoms with E-state index in [9.17, 15) is 9.59 Å². The molecule has 0 N–H and O–H groups in total. The fourth-order valence-corrected chi connectivity index (χ4v) is 7.79. The van der Waals surface area contributed by atoms with Gasteiger partial charge in [0.15, 0.2) is 6.10 Å². The van der Waals surface area contributed by atoms with Crippen LogP contribution in [0.15, 0.2) is 134 Å². The number of esters is 2. The second kappa shape index (κ2) is 61.3. The van der Waals surface area contributed by atoms with Gasteiger partial charge in [-0.3, -0.25) is 9.59 Å². The minimum atomic E-state index is -0.578. The van der Waals surface area contributed by atoms with Crippen LogP contribution in [-0.4, -0.2) is 37.9 Å². The number of rotatable bonds is 53. The summed E-state index contributed by atoms with van der Waals surface area (Å²) >= 11 is 0. The van der Waals surface area contributed by atoms with Crippen LogP contribution in [0, 0.1) is 0 Å². The van der Waals surface area contributed by atoms with Gasteiger partial charge in [0.25, 0.3) is 0 Å². The highest BCUT2D eigenvalue weighted by Gasteiger charge is 2.17. The van der Waals surface area contributed by atoms with Crippen molar-refractivity contribution in [2.45, 2.75) is 258 Å². The molecule has 1 atom stereocenters. The van der Waals surface area contributed by atoms with Crippen molar-refractivity contribution in [3.63, 3.8) is 0 Å². The molecule has 0 aromatic rings. The Morgan fingerprint density at radius 1 is 0.319 bits per heavy atom. The van der Waals surface area contributed by atoms with Crippen molar-refractivity contribution in [3.05, 3.63) is 134 Å². The summed E-state index contributed by atoms with van der Waals surface area (Å²) in [6.45, 7) is 7.46. The van der Waals surface area contributed by atoms with Crippen LogP contribution in [0.1, 0.15) is 252 Å². The van der Waals surface area contributed by atoms with Gasteiger partial charge in [-0.15, -0.1) is 0 Å². The molecular formula is C67H110O5. The number of carbonyl (C=O) groups is 2. The van der Waals surface area contributed by atoms with E-state index in [1.165, 1.54) is 89.9 Å². The first kappa shape index (κ1) is 68.0. The van der Waals surface area contributed by atoms with Crippen LogP contribution in [0.25, 0.3) is 0 Å². The average Bonchev–Trinajstić information content (AvgIpc) is 3.38. The average molecular weight is 996 g/mol. The summed E-state index contributed by atoms with van der Waals surface area (Å²) in [5, 5.41) is 0. The quantitative estimate of drug-likeness (QED) is 0.0345. The smallest absolute Gasteiger partial charge is 0.306 e. The second-order valence-electron chi connectivity index (χ2n) is 19.1. The van der Waals surface area contributed by atoms with Crippen molar-refractivity contribution in [1.82, 2.24) is 0 Å². The van der Waals surface area contributed by atoms with Gasteiger partial charge < -0.3 is 14.2 Å². The second-order valence-corrected chi connectivity index (χ2v) is 19.1. The van der Waals surface area contributed by atoms with Crippen LogP contribution in [-0.2, 0) is 23.8 Å². The van der Waals surface area contributed by atoms with E-state index in [1.807, 2.05) is 0 Å². The predicted molar refractivity (Wildman–Crippen MR) is 315 cm³/mol. The van der Waals surface area contributed by atoms with Crippen LogP contribution in [0.4, 0.5) is 0 Å². The van der Waals surface area contributed by atoms with E-state index in [0.29, 0.717) is 19.4 Å². The summed E-state index contributed by atoms with van der Waals surface area (Å²) in [7, 11) is 0. The fourth-order valence-electron chi connectivity index (χ4n) is 7.79. The Balaban J connectivity index is 4.42. The molecule has 0 heterocycles. The van der Waals surface area contributed by atoms with E-state index in [2.05, 4.69) is 154 Å². The van der Waals surface area contributed by atoms with Crippen LogP contribution in [0.3, 0.4) is 0 Å². The highest BCUT2D eigenvalue weighted by atomic mass is 16.6. The molecule has 0 fully saturated rings. The molecule has 408 valence electrons. The van der Waals surface area contributed by atoms with Gasteiger partial charge >= 0.3 is 11.9 Å². The Labute approximate surface area is 445 Å². The minimum absolute atomic E-state index is 0.0503. The Kier molecular flexibility index (Phi) is 58.0. The molecular weight excluding hydrogens is 885 g/mol. The molecule has 0 saturated heterocycles. The van der Waals surface area contributed by atoms with E-state index in [1.54, 1.807) is 0 Å². The van der Waals surface area contributed by atoms with Gasteiger partial charge in [-0.05, 0) is 135 Å². The summed E-state index contributed by atoms with van der Waals surface area (Å²) in [4.78, 5) is 25.6. The minimum Gasteiger partial charge on any atom is -0.462 e. The highest BCUT2D eigenvalue weighted by molar-refractivity contribution is 5.70. The number of allylic oxidation sites excluding steroid dienone is 22. The molecule has 0 aliphatic heterocycles. The molecule has 0 spiro atoms. The van der Waals surface area contributed by atoms with Gasteiger partial charge in [-0.25, -0.2) is 0 Å². The van der Waals surface area contributed by atoms with Gasteiger partial charge in [0.05, 0.1) is 6.61 Å². The largest absolute Gasteiger partial charge is 0.462 e. The molecule has 0 radical (unpaired) electrons. The van der Waals surface area contributed by atoms with Gasteiger partial charge in [0, 0.05) is 19.4 Å². The number of ether oxygens (including phenoxy) is 3. The third-order valence-electron chi connectivity index (χ3n) is 12.2. The molecule has 72 heavy (non-hydrogen) atoms. The zero-order chi connectivity index (χ0) is 52.0. The van der Waals surface area contributed by atoms with Crippen molar-refractivity contribution in [2.75, 3.05) is 19.8 Å². The van der Waals surface area contributed by atoms with Crippen molar-refractivity contribution < 1.29 is 23.8 Å². The zero-order valence-corrected chi connectivity index (χ0v) is 46.9. The molecule has 0 aliphatic carbocycles. The normalized spacial score (nSPS) is 13.2. The van der Waals surface area contributed by atoms with Crippen molar-refractivity contribution >= 4 is 11.9 Å². The Hall–Kier alpha value is -3.96. The lowest BCUT2D eigenvalue weighted by Crippen LogP contribution is -2.30. The number of carbonyl (C=O) groups excluding carboxylic acids is 2. The van der Waals surface area contributed by atoms with Crippen molar-refractivity contribution in [2.24, 2.45) is 0 Å². The zero-order valence-electron chi connectivity index (χ0n) is 46.9. The van der Waals surface area contributed by atoms with Crippen molar-refractivity contribution in [1.29, 1.82) is 0 Å². The molecule has 0 aromatic heterocycles. The number of unbranched alkanes of at least 4 members (excludes halogenated alkanes) is 20. The SMILES string of the molecule is CC/C=C\C/C=C\C/C=C\C/C=C\C/C=C\CCCCOCC(COC(=O)CCCCCCCC/C=C\C/C=C\C/C=C\C/C=C\CC)OC(=O)CCCCCCCCCCC/C=C\C/C=C\CCCCC. The Morgan fingerprint density at radius 2 is 0.625 bits per heavy atom. The Bertz CT molecular complexity index is 1500. The molecule has 0 aliphatic rings. The predicted octanol–water partition coefficient (Wildman–Crippen LogP) is 20.7. The fraction of sp³-hybridized carbons (Fsp3) is 0.642. The summed E-state index contributed by atoms with van der Waals surface area (Å²) in [6, 6.07) is 0. The van der Waals surface area contributed by atoms with Crippen LogP contribution >= 0.6 is 0 Å². The standard InChI is InChI=1S/C67H110O5/c1-4-7-10-13-16-19-22-25-28-31-34-36-39-42-45-48-51-54-57-60-66(68)71-64-65(63-70-62-59-56-53-50-47-44-41-38-33-30-27-24-21-18-15-12-9-6-3)72-67(69)61-58-55-52-49-46-43-40-37-35-32-29-26-23-20-17-14-11-8-5-2/h7,9-10,12,16-21,25-30,34,36,38,41,47,50,65H,4-6,8,11,13-15,22-24,31-33,35,37,39-40,42-46,48-49,51-64H2,1-3H3/b10-7-,12-9-,19-16-,20-17-,21-18-,28-25-,29-26-,30-27-,36-34-,41-38-,50-47-. The molecule has 0 saturated carbocycles. The number of hydrogen-bond donors (Lipinski definition) is 0. The lowest BCUT2D eigenvalue weighted by Gasteiger charge is -2.18. The monoisotopic (exact) mass is 995 g/mol. The maximum Gasteiger partial charge on any atom is 0.306 e. The lowest BCUT2D eigenvalue weighted by molar-refractivity contribution is -0.163. The molecule has 5 heteroatoms. The van der Waals surface area contributed by atoms with Crippen LogP contribution in [0.2, 0.25) is 0 Å². The van der Waals surface area contributed by atoms with Crippen molar-refractivity contribution in [3.8, 4) is 0 Å². The first-order chi connectivity index (χ1) is 35.6. The first-order valence-corrected chi connectivity index (χ1v) is 29.7. The molecule has 1 unspecified atom stereocenters. The lowest BCUT2D eigenvalue weighted by atomic mass is 10.1. The highest BCUT2D eigenvalue weighted by Crippen LogP contribution is 2.14. The van der Waals surface area contributed by atoms with E-state index >= 15 is 0 Å². The van der Waals surface area contributed by atoms with Crippen LogP contribution < -0.4 is 0 Å². The summed E-state index contributed by atoms with van der Waals surface area (Å²) in [5.41, 5.74) is 0. The molecule has 0 aromatic carbocycles. The third-order valence-corrected chi connectivity index (χ3v) is 12.2. The van der Waals surface area contributed by atoms with Gasteiger partial charge in [-0.1, -0.05) is 238 Å². The maximum atomic E-state index is 12.9. The molecule has 0 bridgehead atoms. The third kappa shape index (κ3) is 58.6. The maximum absolute atomic E-state index is 12.9. The van der Waals surface area contributed by atoms with Gasteiger partial charge in [0.1, 0.15) is 6.61 Å². The van der Waals surface area contributed by atoms with Gasteiger partial charge in [-0.2, -0.15) is 0 Å². The first-order valence-electron chi connectivity index (χ1n) is 29.7. The summed E-state index contributed by atoms with van der Waals surface area (Å²) < 4.78 is 17.4. The van der Waals surface area contributed by atoms with E-state index < -0.39 is 6.10 Å². The van der Waals surface area contributed by atoms with Crippen LogP contribution in [0.5, 0.6) is 0 Å². The summed E-state index contributed by atoms with van der Waals surface area (Å²) in [5.74, 6) is -0.446. The topological polar surface area (TPSA) is 61.8 Å².